The molecular formula is C29H23ClF2N2O3. The summed E-state index contributed by atoms with van der Waals surface area (Å²) < 4.78 is 27.3. The van der Waals surface area contributed by atoms with Crippen molar-refractivity contribution in [2.75, 3.05) is 5.32 Å². The van der Waals surface area contributed by atoms with Crippen molar-refractivity contribution in [2.45, 2.75) is 25.8 Å². The van der Waals surface area contributed by atoms with Gasteiger partial charge in [-0.2, -0.15) is 0 Å². The molecule has 0 aliphatic rings. The molecule has 0 fully saturated rings. The molecular weight excluding hydrogens is 498 g/mol. The number of Topliss-reactive ketones (excluding diaryl/α,β-unsaturated/α-hetero) is 1. The van der Waals surface area contributed by atoms with E-state index < -0.39 is 17.6 Å². The lowest BCUT2D eigenvalue weighted by Gasteiger charge is -2.13. The molecule has 0 radical (unpaired) electrons. The number of aliphatic carboxylic acids is 1. The molecule has 0 spiro atoms. The summed E-state index contributed by atoms with van der Waals surface area (Å²) in [5.74, 6) is -2.38. The summed E-state index contributed by atoms with van der Waals surface area (Å²) in [6.45, 7) is 0.465. The normalized spacial score (nSPS) is 10.8. The van der Waals surface area contributed by atoms with Crippen LogP contribution >= 0.6 is 11.6 Å². The number of aromatic nitrogens is 1. The number of carbonyl (C=O) groups is 2. The number of hydrogen-bond acceptors (Lipinski definition) is 4. The zero-order valence-electron chi connectivity index (χ0n) is 19.7. The van der Waals surface area contributed by atoms with Gasteiger partial charge >= 0.3 is 5.97 Å². The topological polar surface area (TPSA) is 79.3 Å². The Kier molecular flexibility index (Phi) is 8.25. The molecule has 4 aromatic rings. The molecule has 4 rings (SSSR count). The van der Waals surface area contributed by atoms with Crippen LogP contribution in [-0.2, 0) is 11.3 Å². The average molecular weight is 521 g/mol. The quantitative estimate of drug-likeness (QED) is 0.213. The molecule has 0 unspecified atom stereocenters. The van der Waals surface area contributed by atoms with Crippen LogP contribution in [0.4, 0.5) is 14.5 Å². The third-order valence-electron chi connectivity index (χ3n) is 5.84. The molecule has 8 heteroatoms. The highest BCUT2D eigenvalue weighted by molar-refractivity contribution is 6.30. The van der Waals surface area contributed by atoms with E-state index in [1.165, 1.54) is 12.1 Å². The molecule has 0 amide bonds. The number of carboxylic acids is 1. The van der Waals surface area contributed by atoms with Gasteiger partial charge in [-0.1, -0.05) is 35.9 Å². The second-order valence-corrected chi connectivity index (χ2v) is 8.90. The van der Waals surface area contributed by atoms with E-state index >= 15 is 0 Å². The number of pyridine rings is 1. The van der Waals surface area contributed by atoms with E-state index in [9.17, 15) is 18.4 Å². The van der Waals surface area contributed by atoms with Crippen molar-refractivity contribution < 1.29 is 23.5 Å². The standard InChI is InChI=1S/C29H23ClF2N2O3/c30-21-8-4-19(16-33-23-10-5-18(6-11-23)24-12-9-22(31)15-26(24)32)25(14-21)20-7-13-27(34-17-20)28(35)2-1-3-29(36)37/h4-15,17,33H,1-3,16H2,(H,36,37). The van der Waals surface area contributed by atoms with Crippen LogP contribution < -0.4 is 5.32 Å². The Bertz CT molecular complexity index is 1420. The van der Waals surface area contributed by atoms with Crippen LogP contribution in [0.2, 0.25) is 5.02 Å². The van der Waals surface area contributed by atoms with Crippen LogP contribution in [0.3, 0.4) is 0 Å². The van der Waals surface area contributed by atoms with Crippen molar-refractivity contribution in [1.82, 2.24) is 4.98 Å². The first-order valence-corrected chi connectivity index (χ1v) is 12.0. The number of nitrogens with one attached hydrogen (secondary N) is 1. The molecule has 0 bridgehead atoms. The molecule has 0 aliphatic carbocycles. The highest BCUT2D eigenvalue weighted by Crippen LogP contribution is 2.29. The first-order chi connectivity index (χ1) is 17.8. The molecule has 2 N–H and O–H groups in total. The van der Waals surface area contributed by atoms with E-state index in [1.54, 1.807) is 36.5 Å². The molecule has 188 valence electrons. The second-order valence-electron chi connectivity index (χ2n) is 8.46. The number of nitrogens with zero attached hydrogens (tertiary/aromatic N) is 1. The summed E-state index contributed by atoms with van der Waals surface area (Å²) >= 11 is 6.25. The molecule has 0 saturated carbocycles. The van der Waals surface area contributed by atoms with Crippen molar-refractivity contribution in [3.05, 3.63) is 107 Å². The fourth-order valence-corrected chi connectivity index (χ4v) is 4.08. The highest BCUT2D eigenvalue weighted by atomic mass is 35.5. The lowest BCUT2D eigenvalue weighted by atomic mass is 10.00. The first kappa shape index (κ1) is 26.0. The molecule has 0 saturated heterocycles. The van der Waals surface area contributed by atoms with E-state index in [0.717, 1.165) is 28.4 Å². The van der Waals surface area contributed by atoms with Crippen LogP contribution in [-0.4, -0.2) is 21.8 Å². The van der Waals surface area contributed by atoms with Gasteiger partial charge < -0.3 is 10.4 Å². The fraction of sp³-hybridized carbons (Fsp3) is 0.138. The SMILES string of the molecule is O=C(O)CCCC(=O)c1ccc(-c2cc(Cl)ccc2CNc2ccc(-c3ccc(F)cc3F)cc2)cn1. The van der Waals surface area contributed by atoms with Crippen LogP contribution in [0.1, 0.15) is 35.3 Å². The monoisotopic (exact) mass is 520 g/mol. The van der Waals surface area contributed by atoms with Crippen molar-refractivity contribution in [3.63, 3.8) is 0 Å². The maximum absolute atomic E-state index is 14.1. The lowest BCUT2D eigenvalue weighted by molar-refractivity contribution is -0.137. The molecule has 37 heavy (non-hydrogen) atoms. The molecule has 5 nitrogen and oxygen atoms in total. The summed E-state index contributed by atoms with van der Waals surface area (Å²) in [6.07, 6.45) is 1.93. The van der Waals surface area contributed by atoms with Crippen LogP contribution in [0.25, 0.3) is 22.3 Å². The van der Waals surface area contributed by atoms with Gasteiger partial charge in [-0.25, -0.2) is 8.78 Å². The zero-order chi connectivity index (χ0) is 26.4. The minimum absolute atomic E-state index is 0.0610. The summed E-state index contributed by atoms with van der Waals surface area (Å²) in [4.78, 5) is 27.2. The number of carboxylic acid groups (broad SMARTS) is 1. The summed E-state index contributed by atoms with van der Waals surface area (Å²) in [5.41, 5.74) is 4.63. The van der Waals surface area contributed by atoms with E-state index in [-0.39, 0.29) is 30.7 Å². The Morgan fingerprint density at radius 2 is 1.62 bits per heavy atom. The molecule has 0 aliphatic heterocycles. The van der Waals surface area contributed by atoms with Crippen molar-refractivity contribution in [2.24, 2.45) is 0 Å². The van der Waals surface area contributed by atoms with E-state index in [2.05, 4.69) is 10.3 Å². The van der Waals surface area contributed by atoms with Gasteiger partial charge in [-0.15, -0.1) is 0 Å². The predicted molar refractivity (Wildman–Crippen MR) is 140 cm³/mol. The number of ketones is 1. The van der Waals surface area contributed by atoms with Crippen LogP contribution in [0, 0.1) is 11.6 Å². The largest absolute Gasteiger partial charge is 0.481 e. The number of halogens is 3. The fourth-order valence-electron chi connectivity index (χ4n) is 3.91. The zero-order valence-corrected chi connectivity index (χ0v) is 20.4. The third-order valence-corrected chi connectivity index (χ3v) is 6.07. The van der Waals surface area contributed by atoms with Crippen molar-refractivity contribution >= 4 is 29.0 Å². The number of carbonyl (C=O) groups excluding carboxylic acids is 1. The van der Waals surface area contributed by atoms with Gasteiger partial charge in [0, 0.05) is 53.5 Å². The molecule has 3 aromatic carbocycles. The number of benzene rings is 3. The lowest BCUT2D eigenvalue weighted by Crippen LogP contribution is -2.04. The van der Waals surface area contributed by atoms with Gasteiger partial charge in [0.2, 0.25) is 0 Å². The third kappa shape index (κ3) is 6.77. The second kappa shape index (κ2) is 11.8. The number of hydrogen-bond donors (Lipinski definition) is 2. The summed E-state index contributed by atoms with van der Waals surface area (Å²) in [7, 11) is 0. The smallest absolute Gasteiger partial charge is 0.303 e. The van der Waals surface area contributed by atoms with E-state index in [4.69, 9.17) is 16.7 Å². The Morgan fingerprint density at radius 3 is 2.30 bits per heavy atom. The summed E-state index contributed by atoms with van der Waals surface area (Å²) in [6, 6.07) is 19.6. The van der Waals surface area contributed by atoms with Gasteiger partial charge in [-0.3, -0.25) is 14.6 Å². The van der Waals surface area contributed by atoms with Crippen molar-refractivity contribution in [3.8, 4) is 22.3 Å². The van der Waals surface area contributed by atoms with Gasteiger partial charge in [0.1, 0.15) is 17.3 Å². The number of rotatable bonds is 10. The van der Waals surface area contributed by atoms with Crippen LogP contribution in [0.15, 0.2) is 79.0 Å². The average Bonchev–Trinajstić information content (AvgIpc) is 2.88. The van der Waals surface area contributed by atoms with E-state index in [1.807, 2.05) is 24.3 Å². The van der Waals surface area contributed by atoms with Gasteiger partial charge in [-0.05, 0) is 65.6 Å². The molecule has 1 heterocycles. The Labute approximate surface area is 217 Å². The van der Waals surface area contributed by atoms with Crippen molar-refractivity contribution in [1.29, 1.82) is 0 Å². The molecule has 0 atom stereocenters. The van der Waals surface area contributed by atoms with E-state index in [0.29, 0.717) is 22.7 Å². The Hall–Kier alpha value is -4.10. The maximum Gasteiger partial charge on any atom is 0.303 e. The van der Waals surface area contributed by atoms with Gasteiger partial charge in [0.25, 0.3) is 0 Å². The Balaban J connectivity index is 1.46. The summed E-state index contributed by atoms with van der Waals surface area (Å²) in [5, 5.41) is 12.6. The first-order valence-electron chi connectivity index (χ1n) is 11.6. The maximum atomic E-state index is 14.1. The predicted octanol–water partition coefficient (Wildman–Crippen LogP) is 7.40. The Morgan fingerprint density at radius 1 is 0.865 bits per heavy atom. The molecule has 1 aromatic heterocycles. The van der Waals surface area contributed by atoms with Gasteiger partial charge in [0.05, 0.1) is 0 Å². The minimum Gasteiger partial charge on any atom is -0.481 e. The minimum atomic E-state index is -0.934. The highest BCUT2D eigenvalue weighted by Gasteiger charge is 2.12. The number of anilines is 1. The van der Waals surface area contributed by atoms with Crippen LogP contribution in [0.5, 0.6) is 0 Å². The van der Waals surface area contributed by atoms with Gasteiger partial charge in [0.15, 0.2) is 5.78 Å².